The quantitative estimate of drug-likeness (QED) is 0.575. The molecule has 0 heterocycles. The van der Waals surface area contributed by atoms with E-state index in [1.165, 1.54) is 4.90 Å². The Hall–Kier alpha value is -1.06. The predicted molar refractivity (Wildman–Crippen MR) is 37.5 cm³/mol. The van der Waals surface area contributed by atoms with Crippen LogP contribution in [0.3, 0.4) is 0 Å². The Kier molecular flexibility index (Phi) is 4.28. The number of carbonyl (C=O) groups is 2. The van der Waals surface area contributed by atoms with E-state index in [4.69, 9.17) is 0 Å². The average Bonchev–Trinajstić information content (AvgIpc) is 1.89. The van der Waals surface area contributed by atoms with Gasteiger partial charge in [0.15, 0.2) is 0 Å². The van der Waals surface area contributed by atoms with Crippen LogP contribution >= 0.6 is 0 Å². The molecule has 0 unspecified atom stereocenters. The van der Waals surface area contributed by atoms with Gasteiger partial charge in [0.1, 0.15) is 0 Å². The summed E-state index contributed by atoms with van der Waals surface area (Å²) in [6.07, 6.45) is 1.28. The Morgan fingerprint density at radius 3 is 2.70 bits per heavy atom. The third-order valence-corrected chi connectivity index (χ3v) is 1.09. The zero-order valence-electron chi connectivity index (χ0n) is 6.26. The monoisotopic (exact) mass is 144 g/mol. The molecule has 0 fully saturated rings. The lowest BCUT2D eigenvalue weighted by Gasteiger charge is -2.13. The predicted octanol–water partition coefficient (Wildman–Crippen LogP) is 0.194. The number of carbonyl (C=O) groups excluding carboxylic acids is 2. The number of hydrogen-bond donors (Lipinski definition) is 1. The van der Waals surface area contributed by atoms with Crippen molar-refractivity contribution in [3.63, 3.8) is 0 Å². The van der Waals surface area contributed by atoms with Crippen molar-refractivity contribution in [3.05, 3.63) is 0 Å². The van der Waals surface area contributed by atoms with E-state index in [9.17, 15) is 9.59 Å². The minimum absolute atomic E-state index is 0.350. The van der Waals surface area contributed by atoms with Gasteiger partial charge in [0.05, 0.1) is 0 Å². The van der Waals surface area contributed by atoms with Crippen LogP contribution in [0.15, 0.2) is 0 Å². The van der Waals surface area contributed by atoms with E-state index in [1.807, 2.05) is 12.2 Å². The number of rotatable bonds is 3. The highest BCUT2D eigenvalue weighted by Crippen LogP contribution is 1.85. The van der Waals surface area contributed by atoms with Gasteiger partial charge < -0.3 is 4.90 Å². The summed E-state index contributed by atoms with van der Waals surface area (Å²) in [5.74, 6) is 0. The zero-order valence-corrected chi connectivity index (χ0v) is 6.26. The Bertz CT molecular complexity index is 125. The third kappa shape index (κ3) is 3.06. The Morgan fingerprint density at radius 1 is 1.70 bits per heavy atom. The number of amides is 3. The molecule has 0 saturated carbocycles. The summed E-state index contributed by atoms with van der Waals surface area (Å²) in [4.78, 5) is 21.9. The van der Waals surface area contributed by atoms with Gasteiger partial charge in [0, 0.05) is 13.6 Å². The molecule has 0 aliphatic heterocycles. The van der Waals surface area contributed by atoms with Crippen molar-refractivity contribution in [3.8, 4) is 0 Å². The number of urea groups is 1. The number of nitrogens with one attached hydrogen (secondary N) is 1. The Balaban J connectivity index is 3.58. The highest BCUT2D eigenvalue weighted by atomic mass is 16.2. The molecule has 0 aliphatic rings. The molecular formula is C6H12N2O2. The molecule has 0 aromatic heterocycles. The van der Waals surface area contributed by atoms with Crippen molar-refractivity contribution in [2.24, 2.45) is 0 Å². The number of imide groups is 1. The number of nitrogens with zero attached hydrogens (tertiary/aromatic N) is 1. The van der Waals surface area contributed by atoms with E-state index in [1.54, 1.807) is 7.05 Å². The molecule has 0 bridgehead atoms. The lowest BCUT2D eigenvalue weighted by molar-refractivity contribution is -0.108. The minimum atomic E-state index is -0.350. The van der Waals surface area contributed by atoms with Crippen molar-refractivity contribution in [1.29, 1.82) is 0 Å². The van der Waals surface area contributed by atoms with Crippen molar-refractivity contribution >= 4 is 12.4 Å². The maximum Gasteiger partial charge on any atom is 0.323 e. The normalized spacial score (nSPS) is 8.60. The van der Waals surface area contributed by atoms with Gasteiger partial charge in [-0.2, -0.15) is 0 Å². The van der Waals surface area contributed by atoms with Crippen LogP contribution in [0.1, 0.15) is 13.3 Å². The maximum absolute atomic E-state index is 10.7. The molecular weight excluding hydrogens is 132 g/mol. The van der Waals surface area contributed by atoms with Crippen LogP contribution in [0.2, 0.25) is 0 Å². The third-order valence-electron chi connectivity index (χ3n) is 1.09. The largest absolute Gasteiger partial charge is 0.328 e. The molecule has 0 spiro atoms. The van der Waals surface area contributed by atoms with Gasteiger partial charge in [-0.15, -0.1) is 0 Å². The fraction of sp³-hybridized carbons (Fsp3) is 0.667. The smallest absolute Gasteiger partial charge is 0.323 e. The molecule has 4 nitrogen and oxygen atoms in total. The molecule has 0 atom stereocenters. The van der Waals surface area contributed by atoms with Gasteiger partial charge in [0.25, 0.3) is 0 Å². The van der Waals surface area contributed by atoms with E-state index in [-0.39, 0.29) is 6.03 Å². The van der Waals surface area contributed by atoms with Crippen LogP contribution in [-0.2, 0) is 4.79 Å². The molecule has 58 valence electrons. The van der Waals surface area contributed by atoms with E-state index < -0.39 is 0 Å². The van der Waals surface area contributed by atoms with E-state index in [2.05, 4.69) is 0 Å². The van der Waals surface area contributed by atoms with Crippen LogP contribution in [0.5, 0.6) is 0 Å². The van der Waals surface area contributed by atoms with Gasteiger partial charge in [-0.1, -0.05) is 6.92 Å². The molecule has 0 rings (SSSR count). The fourth-order valence-corrected chi connectivity index (χ4v) is 0.598. The molecule has 0 aromatic carbocycles. The van der Waals surface area contributed by atoms with Crippen LogP contribution < -0.4 is 5.32 Å². The summed E-state index contributed by atoms with van der Waals surface area (Å²) >= 11 is 0. The van der Waals surface area contributed by atoms with Gasteiger partial charge in [-0.25, -0.2) is 4.79 Å². The summed E-state index contributed by atoms with van der Waals surface area (Å²) in [6.45, 7) is 2.63. The SMILES string of the molecule is CCCN(C)C(=O)NC=O. The van der Waals surface area contributed by atoms with Crippen LogP contribution in [0, 0.1) is 0 Å². The molecule has 0 saturated heterocycles. The molecule has 4 heteroatoms. The second-order valence-corrected chi connectivity index (χ2v) is 1.99. The van der Waals surface area contributed by atoms with E-state index in [0.717, 1.165) is 6.42 Å². The van der Waals surface area contributed by atoms with E-state index >= 15 is 0 Å². The molecule has 1 N–H and O–H groups in total. The average molecular weight is 144 g/mol. The lowest BCUT2D eigenvalue weighted by atomic mass is 10.4. The highest BCUT2D eigenvalue weighted by Gasteiger charge is 2.03. The second kappa shape index (κ2) is 4.78. The molecule has 0 radical (unpaired) electrons. The second-order valence-electron chi connectivity index (χ2n) is 1.99. The minimum Gasteiger partial charge on any atom is -0.328 e. The molecule has 0 aromatic rings. The first-order chi connectivity index (χ1) is 4.72. The Labute approximate surface area is 60.2 Å². The first kappa shape index (κ1) is 8.94. The zero-order chi connectivity index (χ0) is 7.98. The van der Waals surface area contributed by atoms with Gasteiger partial charge in [-0.05, 0) is 6.42 Å². The maximum atomic E-state index is 10.7. The highest BCUT2D eigenvalue weighted by molar-refractivity contribution is 5.84. The van der Waals surface area contributed by atoms with Crippen molar-refractivity contribution in [2.75, 3.05) is 13.6 Å². The molecule has 0 aliphatic carbocycles. The summed E-state index contributed by atoms with van der Waals surface area (Å²) in [6, 6.07) is -0.350. The van der Waals surface area contributed by atoms with Crippen LogP contribution in [0.4, 0.5) is 4.79 Å². The lowest BCUT2D eigenvalue weighted by Crippen LogP contribution is -2.36. The van der Waals surface area contributed by atoms with Crippen molar-refractivity contribution in [2.45, 2.75) is 13.3 Å². The molecule has 3 amide bonds. The Morgan fingerprint density at radius 2 is 2.30 bits per heavy atom. The van der Waals surface area contributed by atoms with Crippen LogP contribution in [0.25, 0.3) is 0 Å². The summed E-state index contributed by atoms with van der Waals surface area (Å²) < 4.78 is 0. The van der Waals surface area contributed by atoms with Gasteiger partial charge >= 0.3 is 6.03 Å². The summed E-state index contributed by atoms with van der Waals surface area (Å²) in [5.41, 5.74) is 0. The van der Waals surface area contributed by atoms with Crippen LogP contribution in [-0.4, -0.2) is 30.9 Å². The fourth-order valence-electron chi connectivity index (χ4n) is 0.598. The van der Waals surface area contributed by atoms with Crippen molar-refractivity contribution in [1.82, 2.24) is 10.2 Å². The standard InChI is InChI=1S/C6H12N2O2/c1-3-4-8(2)6(10)7-5-9/h5H,3-4H2,1-2H3,(H,7,9,10). The van der Waals surface area contributed by atoms with Gasteiger partial charge in [-0.3, -0.25) is 10.1 Å². The van der Waals surface area contributed by atoms with Crippen molar-refractivity contribution < 1.29 is 9.59 Å². The first-order valence-corrected chi connectivity index (χ1v) is 3.17. The summed E-state index contributed by atoms with van der Waals surface area (Å²) in [7, 11) is 1.64. The molecule has 10 heavy (non-hydrogen) atoms. The topological polar surface area (TPSA) is 49.4 Å². The number of hydrogen-bond acceptors (Lipinski definition) is 2. The van der Waals surface area contributed by atoms with E-state index in [0.29, 0.717) is 13.0 Å². The van der Waals surface area contributed by atoms with Gasteiger partial charge in [0.2, 0.25) is 6.41 Å². The summed E-state index contributed by atoms with van der Waals surface area (Å²) in [5, 5.41) is 2.04. The first-order valence-electron chi connectivity index (χ1n) is 3.17.